The second kappa shape index (κ2) is 10.6. The monoisotopic (exact) mass is 451 g/mol. The van der Waals surface area contributed by atoms with E-state index in [1.54, 1.807) is 12.1 Å². The Morgan fingerprint density at radius 3 is 2.52 bits per heavy atom. The summed E-state index contributed by atoms with van der Waals surface area (Å²) in [6.45, 7) is 0.982. The molecule has 3 unspecified atom stereocenters. The Morgan fingerprint density at radius 1 is 1.19 bits per heavy atom. The maximum absolute atomic E-state index is 13.5. The molecular formula is C21H24ClF2N5O2. The van der Waals surface area contributed by atoms with Crippen molar-refractivity contribution in [2.24, 2.45) is 16.5 Å². The summed E-state index contributed by atoms with van der Waals surface area (Å²) in [7, 11) is 0. The van der Waals surface area contributed by atoms with Crippen LogP contribution in [0.25, 0.3) is 0 Å². The van der Waals surface area contributed by atoms with Gasteiger partial charge in [-0.1, -0.05) is 23.7 Å². The van der Waals surface area contributed by atoms with Crippen molar-refractivity contribution in [2.45, 2.75) is 31.2 Å². The molecule has 1 aliphatic rings. The van der Waals surface area contributed by atoms with E-state index in [4.69, 9.17) is 27.8 Å². The minimum absolute atomic E-state index is 0.0375. The molecule has 2 aromatic carbocycles. The molecule has 1 fully saturated rings. The van der Waals surface area contributed by atoms with Gasteiger partial charge in [-0.2, -0.15) is 0 Å². The molecule has 0 saturated carbocycles. The van der Waals surface area contributed by atoms with Crippen LogP contribution in [0.1, 0.15) is 34.8 Å². The van der Waals surface area contributed by atoms with Gasteiger partial charge in [-0.25, -0.2) is 8.78 Å². The molecule has 1 saturated heterocycles. The number of carbonyl (C=O) groups is 1. The van der Waals surface area contributed by atoms with Gasteiger partial charge in [-0.15, -0.1) is 0 Å². The molecular weight excluding hydrogens is 428 g/mol. The Hall–Kier alpha value is -2.59. The van der Waals surface area contributed by atoms with E-state index in [0.29, 0.717) is 24.6 Å². The zero-order valence-corrected chi connectivity index (χ0v) is 17.4. The minimum Gasteiger partial charge on any atom is -0.376 e. The number of nitrogens with one attached hydrogen (secondary N) is 2. The van der Waals surface area contributed by atoms with Gasteiger partial charge in [0.15, 0.2) is 17.6 Å². The number of hydrogen-bond acceptors (Lipinski definition) is 5. The molecule has 3 rings (SSSR count). The maximum Gasteiger partial charge on any atom is 0.258 e. The van der Waals surface area contributed by atoms with E-state index in [0.717, 1.165) is 24.1 Å². The lowest BCUT2D eigenvalue weighted by Gasteiger charge is -2.26. The second-order valence-corrected chi connectivity index (χ2v) is 7.63. The van der Waals surface area contributed by atoms with Gasteiger partial charge in [0, 0.05) is 23.2 Å². The van der Waals surface area contributed by atoms with E-state index < -0.39 is 23.7 Å². The highest BCUT2D eigenvalue weighted by molar-refractivity contribution is 6.30. The number of aliphatic imine (C=N–C) groups is 1. The number of nitrogens with two attached hydrogens (primary N) is 2. The predicted octanol–water partition coefficient (Wildman–Crippen LogP) is 2.46. The van der Waals surface area contributed by atoms with Gasteiger partial charge in [0.1, 0.15) is 0 Å². The van der Waals surface area contributed by atoms with Crippen molar-refractivity contribution < 1.29 is 18.3 Å². The Labute approximate surface area is 183 Å². The standard InChI is InChI=1S/C21H24ClF2N5O2/c22-14-4-1-12(2-5-14)18(25)10-19(26)28-21(27-11-15-7-8-31-15)29-20(30)13-3-6-16(23)17(24)9-13/h1-6,9,15,18-19H,7-8,10-11,25-26H2,(H2,27,28,29,30). The first kappa shape index (κ1) is 23.1. The number of guanidine groups is 1. The molecule has 10 heteroatoms. The van der Waals surface area contributed by atoms with Crippen LogP contribution in [-0.2, 0) is 4.74 Å². The molecule has 1 amide bonds. The van der Waals surface area contributed by atoms with E-state index in [1.807, 2.05) is 12.1 Å². The summed E-state index contributed by atoms with van der Waals surface area (Å²) >= 11 is 5.90. The van der Waals surface area contributed by atoms with Gasteiger partial charge < -0.3 is 21.5 Å². The predicted molar refractivity (Wildman–Crippen MR) is 115 cm³/mol. The summed E-state index contributed by atoms with van der Waals surface area (Å²) in [5.74, 6) is -2.72. The quantitative estimate of drug-likeness (QED) is 0.293. The lowest BCUT2D eigenvalue weighted by Crippen LogP contribution is -2.50. The second-order valence-electron chi connectivity index (χ2n) is 7.20. The lowest BCUT2D eigenvalue weighted by atomic mass is 10.0. The fraction of sp³-hybridized carbons (Fsp3) is 0.333. The number of hydrogen-bond donors (Lipinski definition) is 4. The Balaban J connectivity index is 1.65. The van der Waals surface area contributed by atoms with Crippen LogP contribution in [0.4, 0.5) is 8.78 Å². The zero-order valence-electron chi connectivity index (χ0n) is 16.7. The van der Waals surface area contributed by atoms with E-state index in [1.165, 1.54) is 6.07 Å². The molecule has 3 atom stereocenters. The third kappa shape index (κ3) is 6.70. The minimum atomic E-state index is -1.12. The highest BCUT2D eigenvalue weighted by Crippen LogP contribution is 2.18. The highest BCUT2D eigenvalue weighted by Gasteiger charge is 2.20. The number of halogens is 3. The Kier molecular flexibility index (Phi) is 7.91. The average Bonchev–Trinajstić information content (AvgIpc) is 2.69. The first-order chi connectivity index (χ1) is 14.8. The highest BCUT2D eigenvalue weighted by atomic mass is 35.5. The summed E-state index contributed by atoms with van der Waals surface area (Å²) in [5.41, 5.74) is 13.2. The van der Waals surface area contributed by atoms with Crippen LogP contribution in [0.3, 0.4) is 0 Å². The van der Waals surface area contributed by atoms with Gasteiger partial charge in [0.25, 0.3) is 5.91 Å². The van der Waals surface area contributed by atoms with E-state index in [-0.39, 0.29) is 23.7 Å². The van der Waals surface area contributed by atoms with Crippen LogP contribution in [0.2, 0.25) is 5.02 Å². The summed E-state index contributed by atoms with van der Waals surface area (Å²) in [4.78, 5) is 16.8. The third-order valence-electron chi connectivity index (χ3n) is 4.79. The van der Waals surface area contributed by atoms with Crippen molar-refractivity contribution in [1.82, 2.24) is 10.6 Å². The average molecular weight is 452 g/mol. The van der Waals surface area contributed by atoms with Gasteiger partial charge >= 0.3 is 0 Å². The fourth-order valence-electron chi connectivity index (χ4n) is 2.91. The largest absolute Gasteiger partial charge is 0.376 e. The zero-order chi connectivity index (χ0) is 22.4. The van der Waals surface area contributed by atoms with Crippen LogP contribution in [0, 0.1) is 11.6 Å². The number of amides is 1. The van der Waals surface area contributed by atoms with Crippen molar-refractivity contribution in [1.29, 1.82) is 0 Å². The SMILES string of the molecule is NC(CC(N)c1ccc(Cl)cc1)NC(=NCC1CCO1)NC(=O)c1ccc(F)c(F)c1. The summed E-state index contributed by atoms with van der Waals surface area (Å²) in [6, 6.07) is 9.60. The number of ether oxygens (including phenoxy) is 1. The molecule has 0 aromatic heterocycles. The van der Waals surface area contributed by atoms with Crippen molar-refractivity contribution in [3.05, 3.63) is 70.2 Å². The summed E-state index contributed by atoms with van der Waals surface area (Å²) < 4.78 is 31.9. The molecule has 1 aliphatic heterocycles. The fourth-order valence-corrected chi connectivity index (χ4v) is 3.04. The molecule has 1 heterocycles. The lowest BCUT2D eigenvalue weighted by molar-refractivity contribution is -0.0433. The van der Waals surface area contributed by atoms with Gasteiger partial charge in [0.2, 0.25) is 0 Å². The molecule has 7 nitrogen and oxygen atoms in total. The number of rotatable bonds is 7. The van der Waals surface area contributed by atoms with Gasteiger partial charge in [-0.3, -0.25) is 15.1 Å². The third-order valence-corrected chi connectivity index (χ3v) is 5.04. The van der Waals surface area contributed by atoms with Gasteiger partial charge in [-0.05, 0) is 48.7 Å². The molecule has 0 spiro atoms. The van der Waals surface area contributed by atoms with E-state index in [2.05, 4.69) is 15.6 Å². The number of benzene rings is 2. The van der Waals surface area contributed by atoms with Crippen LogP contribution in [0.15, 0.2) is 47.5 Å². The van der Waals surface area contributed by atoms with Crippen molar-refractivity contribution in [3.63, 3.8) is 0 Å². The van der Waals surface area contributed by atoms with Gasteiger partial charge in [0.05, 0.1) is 18.8 Å². The van der Waals surface area contributed by atoms with Crippen LogP contribution >= 0.6 is 11.6 Å². The normalized spacial score (nSPS) is 18.1. The van der Waals surface area contributed by atoms with Crippen molar-refractivity contribution in [2.75, 3.05) is 13.2 Å². The smallest absolute Gasteiger partial charge is 0.258 e. The molecule has 0 aliphatic carbocycles. The molecule has 2 aromatic rings. The maximum atomic E-state index is 13.5. The van der Waals surface area contributed by atoms with E-state index in [9.17, 15) is 13.6 Å². The molecule has 166 valence electrons. The van der Waals surface area contributed by atoms with Crippen LogP contribution < -0.4 is 22.1 Å². The summed E-state index contributed by atoms with van der Waals surface area (Å²) in [5, 5.41) is 6.08. The summed E-state index contributed by atoms with van der Waals surface area (Å²) in [6.07, 6.45) is 0.518. The molecule has 6 N–H and O–H groups in total. The molecule has 0 radical (unpaired) electrons. The first-order valence-corrected chi connectivity index (χ1v) is 10.1. The molecule has 0 bridgehead atoms. The van der Waals surface area contributed by atoms with Crippen molar-refractivity contribution >= 4 is 23.5 Å². The Morgan fingerprint density at radius 2 is 1.90 bits per heavy atom. The number of carbonyl (C=O) groups excluding carboxylic acids is 1. The number of nitrogens with zero attached hydrogens (tertiary/aromatic N) is 1. The molecule has 31 heavy (non-hydrogen) atoms. The van der Waals surface area contributed by atoms with Crippen molar-refractivity contribution in [3.8, 4) is 0 Å². The Bertz CT molecular complexity index is 938. The first-order valence-electron chi connectivity index (χ1n) is 9.77. The van der Waals surface area contributed by atoms with E-state index >= 15 is 0 Å². The topological polar surface area (TPSA) is 115 Å². The van der Waals surface area contributed by atoms with Crippen LogP contribution in [0.5, 0.6) is 0 Å². The van der Waals surface area contributed by atoms with Crippen LogP contribution in [-0.4, -0.2) is 37.3 Å².